The van der Waals surface area contributed by atoms with Gasteiger partial charge in [0.15, 0.2) is 0 Å². The van der Waals surface area contributed by atoms with Gasteiger partial charge in [0.2, 0.25) is 0 Å². The maximum absolute atomic E-state index is 10.6. The molecule has 2 aliphatic heterocycles. The summed E-state index contributed by atoms with van der Waals surface area (Å²) in [6.07, 6.45) is -5.27. The highest BCUT2D eigenvalue weighted by atomic mass is 19.4. The number of ether oxygens (including phenoxy) is 2. The molecule has 4 rings (SSSR count). The van der Waals surface area contributed by atoms with Crippen molar-refractivity contribution in [2.24, 2.45) is 0 Å². The molecule has 0 unspecified atom stereocenters. The zero-order valence-electron chi connectivity index (χ0n) is 22.7. The van der Waals surface area contributed by atoms with Gasteiger partial charge in [0, 0.05) is 50.5 Å². The Kier molecular flexibility index (Phi) is 15.1. The molecule has 2 aromatic rings. The van der Waals surface area contributed by atoms with Crippen LogP contribution < -0.4 is 0 Å². The third-order valence-corrected chi connectivity index (χ3v) is 5.63. The van der Waals surface area contributed by atoms with E-state index >= 15 is 0 Å². The average Bonchev–Trinajstić information content (AvgIpc) is 3.29. The normalized spacial score (nSPS) is 19.7. The quantitative estimate of drug-likeness (QED) is 0.390. The number of nitrogens with zero attached hydrogens (tertiary/aromatic N) is 3. The van der Waals surface area contributed by atoms with E-state index in [9.17, 15) is 39.5 Å². The van der Waals surface area contributed by atoms with Crippen molar-refractivity contribution in [3.8, 4) is 0 Å². The second-order valence-corrected chi connectivity index (χ2v) is 8.95. The van der Waals surface area contributed by atoms with Crippen LogP contribution in [0.25, 0.3) is 0 Å². The number of hydrogen-bond acceptors (Lipinski definition) is 8. The molecule has 11 nitrogen and oxygen atoms in total. The molecule has 2 aromatic heterocycles. The summed E-state index contributed by atoms with van der Waals surface area (Å²) in [5.74, 6) is -8.27. The van der Waals surface area contributed by atoms with Crippen LogP contribution in [0.4, 0.5) is 39.5 Å². The van der Waals surface area contributed by atoms with Crippen LogP contribution in [0.15, 0.2) is 49.1 Å². The number of aliphatic carboxylic acids is 3. The SMILES string of the molecule is O=C(O)C(F)(F)F.O=C(O)C(F)(F)F.O=C(O)C(F)(F)F.c1cncc(CO[C@H]2CN(Cc3ccncc3)[C@@H]3CCCO[C@H]23)c1. The van der Waals surface area contributed by atoms with Gasteiger partial charge in [-0.1, -0.05) is 6.07 Å². The zero-order valence-corrected chi connectivity index (χ0v) is 22.7. The number of carboxylic acids is 3. The summed E-state index contributed by atoms with van der Waals surface area (Å²) in [6, 6.07) is 8.62. The van der Waals surface area contributed by atoms with E-state index in [1.165, 1.54) is 12.0 Å². The molecule has 0 bridgehead atoms. The first-order valence-electron chi connectivity index (χ1n) is 12.4. The van der Waals surface area contributed by atoms with Crippen LogP contribution in [-0.4, -0.2) is 98.0 Å². The molecule has 3 N–H and O–H groups in total. The third-order valence-electron chi connectivity index (χ3n) is 5.63. The number of rotatable bonds is 5. The lowest BCUT2D eigenvalue weighted by atomic mass is 10.0. The molecule has 2 saturated heterocycles. The highest BCUT2D eigenvalue weighted by molar-refractivity contribution is 5.73. The maximum atomic E-state index is 10.6. The van der Waals surface area contributed by atoms with E-state index in [0.717, 1.165) is 31.7 Å². The smallest absolute Gasteiger partial charge is 0.475 e. The van der Waals surface area contributed by atoms with Crippen molar-refractivity contribution in [1.82, 2.24) is 14.9 Å². The van der Waals surface area contributed by atoms with E-state index in [2.05, 4.69) is 33.1 Å². The molecule has 3 atom stereocenters. The first kappa shape index (κ1) is 39.0. The third kappa shape index (κ3) is 15.0. The molecule has 0 aliphatic carbocycles. The highest BCUT2D eigenvalue weighted by Crippen LogP contribution is 2.32. The second-order valence-electron chi connectivity index (χ2n) is 8.95. The Morgan fingerprint density at radius 2 is 1.33 bits per heavy atom. The summed E-state index contributed by atoms with van der Waals surface area (Å²) in [5, 5.41) is 21.4. The number of likely N-dealkylation sites (tertiary alicyclic amines) is 1. The number of fused-ring (bicyclic) bond motifs is 1. The predicted octanol–water partition coefficient (Wildman–Crippen LogP) is 4.33. The molecular formula is C25H26F9N3O8. The monoisotopic (exact) mass is 667 g/mol. The van der Waals surface area contributed by atoms with E-state index in [4.69, 9.17) is 39.2 Å². The summed E-state index contributed by atoms with van der Waals surface area (Å²) in [7, 11) is 0. The van der Waals surface area contributed by atoms with Gasteiger partial charge in [0.05, 0.1) is 12.7 Å². The Bertz CT molecular complexity index is 1140. The van der Waals surface area contributed by atoms with Crippen LogP contribution in [0.5, 0.6) is 0 Å². The molecular weight excluding hydrogens is 641 g/mol. The fraction of sp³-hybridized carbons (Fsp3) is 0.480. The lowest BCUT2D eigenvalue weighted by molar-refractivity contribution is -0.193. The number of carbonyl (C=O) groups is 3. The Morgan fingerprint density at radius 1 is 0.822 bits per heavy atom. The molecule has 2 fully saturated rings. The van der Waals surface area contributed by atoms with Crippen LogP contribution in [0.2, 0.25) is 0 Å². The molecule has 45 heavy (non-hydrogen) atoms. The van der Waals surface area contributed by atoms with Crippen LogP contribution in [-0.2, 0) is 37.0 Å². The van der Waals surface area contributed by atoms with Crippen molar-refractivity contribution in [2.45, 2.75) is 62.8 Å². The highest BCUT2D eigenvalue weighted by Gasteiger charge is 2.44. The number of hydrogen-bond donors (Lipinski definition) is 3. The molecule has 0 amide bonds. The van der Waals surface area contributed by atoms with Gasteiger partial charge in [0.25, 0.3) is 0 Å². The predicted molar refractivity (Wildman–Crippen MR) is 131 cm³/mol. The van der Waals surface area contributed by atoms with Crippen molar-refractivity contribution in [3.05, 3.63) is 60.2 Å². The standard InChI is InChI=1S/C19H23N3O2.3C2HF3O2/c1-3-16(11-21-7-1)14-24-18-13-22(12-15-5-8-20-9-6-15)17-4-2-10-23-19(17)18;3*3-2(4,5)1(6)7/h1,3,5-9,11,17-19H,2,4,10,12-14H2;3*(H,6,7)/t17-,18+,19+;;;/m1.../s1. The van der Waals surface area contributed by atoms with Gasteiger partial charge in [-0.15, -0.1) is 0 Å². The fourth-order valence-corrected chi connectivity index (χ4v) is 3.74. The number of aromatic nitrogens is 2. The topological polar surface area (TPSA) is 159 Å². The van der Waals surface area contributed by atoms with Crippen LogP contribution in [0.3, 0.4) is 0 Å². The Labute approximate surface area is 248 Å². The minimum atomic E-state index is -5.08. The number of pyridine rings is 2. The molecule has 0 aromatic carbocycles. The number of carboxylic acid groups (broad SMARTS) is 3. The van der Waals surface area contributed by atoms with Crippen LogP contribution >= 0.6 is 0 Å². The molecule has 2 aliphatic rings. The van der Waals surface area contributed by atoms with Crippen molar-refractivity contribution in [3.63, 3.8) is 0 Å². The lowest BCUT2D eigenvalue weighted by Crippen LogP contribution is -2.41. The van der Waals surface area contributed by atoms with Gasteiger partial charge >= 0.3 is 36.4 Å². The molecule has 0 spiro atoms. The number of halogens is 9. The van der Waals surface area contributed by atoms with Gasteiger partial charge in [-0.05, 0) is 42.2 Å². The molecule has 252 valence electrons. The largest absolute Gasteiger partial charge is 0.490 e. The van der Waals surface area contributed by atoms with E-state index in [-0.39, 0.29) is 12.2 Å². The Morgan fingerprint density at radius 3 is 1.78 bits per heavy atom. The molecule has 0 radical (unpaired) electrons. The van der Waals surface area contributed by atoms with Crippen molar-refractivity contribution in [2.75, 3.05) is 13.2 Å². The number of alkyl halides is 9. The van der Waals surface area contributed by atoms with E-state index < -0.39 is 36.4 Å². The van der Waals surface area contributed by atoms with E-state index in [1.54, 1.807) is 6.20 Å². The van der Waals surface area contributed by atoms with Crippen molar-refractivity contribution >= 4 is 17.9 Å². The lowest BCUT2D eigenvalue weighted by Gasteiger charge is -2.32. The Balaban J connectivity index is 0.000000396. The summed E-state index contributed by atoms with van der Waals surface area (Å²) < 4.78 is 107. The Hall–Kier alpha value is -4.04. The van der Waals surface area contributed by atoms with Gasteiger partial charge in [0.1, 0.15) is 6.10 Å². The van der Waals surface area contributed by atoms with Crippen LogP contribution in [0, 0.1) is 0 Å². The molecule has 4 heterocycles. The van der Waals surface area contributed by atoms with Gasteiger partial charge in [-0.25, -0.2) is 14.4 Å². The minimum Gasteiger partial charge on any atom is -0.475 e. The first-order valence-corrected chi connectivity index (χ1v) is 12.4. The summed E-state index contributed by atoms with van der Waals surface area (Å²) >= 11 is 0. The summed E-state index contributed by atoms with van der Waals surface area (Å²) in [4.78, 5) is 37.5. The maximum Gasteiger partial charge on any atom is 0.490 e. The first-order chi connectivity index (χ1) is 20.7. The second kappa shape index (κ2) is 17.4. The van der Waals surface area contributed by atoms with E-state index in [1.807, 2.05) is 24.7 Å². The summed E-state index contributed by atoms with van der Waals surface area (Å²) in [6.45, 7) is 3.28. The van der Waals surface area contributed by atoms with Gasteiger partial charge in [-0.3, -0.25) is 14.9 Å². The van der Waals surface area contributed by atoms with Crippen LogP contribution in [0.1, 0.15) is 24.0 Å². The molecule has 0 saturated carbocycles. The van der Waals surface area contributed by atoms with Crippen molar-refractivity contribution in [1.29, 1.82) is 0 Å². The molecule has 20 heteroatoms. The van der Waals surface area contributed by atoms with Gasteiger partial charge in [-0.2, -0.15) is 39.5 Å². The van der Waals surface area contributed by atoms with E-state index in [0.29, 0.717) is 12.6 Å². The minimum absolute atomic E-state index is 0.123. The fourth-order valence-electron chi connectivity index (χ4n) is 3.74. The van der Waals surface area contributed by atoms with Gasteiger partial charge < -0.3 is 24.8 Å². The summed E-state index contributed by atoms with van der Waals surface area (Å²) in [5.41, 5.74) is 2.40. The average molecular weight is 667 g/mol. The van der Waals surface area contributed by atoms with Crippen molar-refractivity contribution < 1.29 is 78.7 Å². The zero-order chi connectivity index (χ0) is 34.4.